The van der Waals surface area contributed by atoms with Crippen LogP contribution in [-0.2, 0) is 12.8 Å². The number of nitrogen functional groups attached to an aromatic ring is 1. The molecule has 66 valence electrons. The fourth-order valence-electron chi connectivity index (χ4n) is 1.33. The second kappa shape index (κ2) is 4.70. The Morgan fingerprint density at radius 2 is 2.08 bits per heavy atom. The van der Waals surface area contributed by atoms with E-state index in [1.54, 1.807) is 0 Å². The molecule has 0 heterocycles. The van der Waals surface area contributed by atoms with Crippen molar-refractivity contribution in [1.29, 1.82) is 0 Å². The summed E-state index contributed by atoms with van der Waals surface area (Å²) in [5.41, 5.74) is 9.43. The minimum absolute atomic E-state index is 0.882. The molecule has 2 heteroatoms. The smallest absolute Gasteiger partial charge is 0.0316 e. The normalized spacial score (nSPS) is 10.2. The zero-order chi connectivity index (χ0) is 8.97. The molecule has 0 amide bonds. The van der Waals surface area contributed by atoms with Crippen LogP contribution in [0.2, 0.25) is 0 Å². The molecule has 0 aliphatic carbocycles. The Morgan fingerprint density at radius 3 is 2.67 bits per heavy atom. The molecule has 0 saturated carbocycles. The van der Waals surface area contributed by atoms with Gasteiger partial charge in [0.1, 0.15) is 0 Å². The second-order valence-electron chi connectivity index (χ2n) is 2.82. The van der Waals surface area contributed by atoms with Gasteiger partial charge in [0.15, 0.2) is 0 Å². The zero-order valence-electron chi connectivity index (χ0n) is 7.31. The first-order chi connectivity index (χ1) is 5.77. The molecule has 1 nitrogen and oxygen atoms in total. The maximum absolute atomic E-state index is 5.71. The Labute approximate surface area is 87.5 Å². The van der Waals surface area contributed by atoms with Gasteiger partial charge in [-0.15, -0.1) is 0 Å². The van der Waals surface area contributed by atoms with Gasteiger partial charge in [0, 0.05) is 10.1 Å². The van der Waals surface area contributed by atoms with Gasteiger partial charge in [-0.2, -0.15) is 0 Å². The van der Waals surface area contributed by atoms with E-state index in [1.165, 1.54) is 11.1 Å². The predicted molar refractivity (Wildman–Crippen MR) is 62.8 cm³/mol. The Bertz CT molecular complexity index is 258. The van der Waals surface area contributed by atoms with Crippen LogP contribution < -0.4 is 5.73 Å². The molecule has 0 aliphatic rings. The van der Waals surface area contributed by atoms with E-state index in [2.05, 4.69) is 41.6 Å². The van der Waals surface area contributed by atoms with Crippen molar-refractivity contribution >= 4 is 28.3 Å². The fraction of sp³-hybridized carbons (Fsp3) is 0.400. The van der Waals surface area contributed by atoms with Gasteiger partial charge in [-0.05, 0) is 36.1 Å². The van der Waals surface area contributed by atoms with Crippen LogP contribution in [0, 0.1) is 0 Å². The van der Waals surface area contributed by atoms with Gasteiger partial charge in [0.25, 0.3) is 0 Å². The molecule has 1 rings (SSSR count). The van der Waals surface area contributed by atoms with Crippen molar-refractivity contribution in [3.63, 3.8) is 0 Å². The summed E-state index contributed by atoms with van der Waals surface area (Å²) >= 11 is 2.39. The number of rotatable bonds is 3. The van der Waals surface area contributed by atoms with Crippen LogP contribution in [0.3, 0.4) is 0 Å². The van der Waals surface area contributed by atoms with E-state index >= 15 is 0 Å². The van der Waals surface area contributed by atoms with Crippen LogP contribution in [0.4, 0.5) is 5.69 Å². The van der Waals surface area contributed by atoms with E-state index in [0.717, 1.165) is 23.0 Å². The quantitative estimate of drug-likeness (QED) is 0.512. The summed E-state index contributed by atoms with van der Waals surface area (Å²) in [6, 6.07) is 6.21. The van der Waals surface area contributed by atoms with Crippen LogP contribution in [0.1, 0.15) is 18.1 Å². The number of anilines is 1. The van der Waals surface area contributed by atoms with Crippen molar-refractivity contribution < 1.29 is 0 Å². The van der Waals surface area contributed by atoms with Gasteiger partial charge in [-0.25, -0.2) is 0 Å². The Hall–Kier alpha value is -0.250. The molecule has 0 atom stereocenters. The van der Waals surface area contributed by atoms with E-state index < -0.39 is 0 Å². The van der Waals surface area contributed by atoms with Gasteiger partial charge in [-0.1, -0.05) is 35.6 Å². The van der Waals surface area contributed by atoms with E-state index in [4.69, 9.17) is 5.73 Å². The number of hydrogen-bond acceptors (Lipinski definition) is 1. The van der Waals surface area contributed by atoms with E-state index in [9.17, 15) is 0 Å². The minimum atomic E-state index is 0.882. The summed E-state index contributed by atoms with van der Waals surface area (Å²) in [6.07, 6.45) is 2.24. The van der Waals surface area contributed by atoms with Crippen molar-refractivity contribution in [2.45, 2.75) is 19.8 Å². The lowest BCUT2D eigenvalue weighted by Gasteiger charge is -2.06. The van der Waals surface area contributed by atoms with Crippen molar-refractivity contribution in [2.75, 3.05) is 10.2 Å². The van der Waals surface area contributed by atoms with Crippen LogP contribution in [0.25, 0.3) is 0 Å². The highest BCUT2D eigenvalue weighted by atomic mass is 127. The standard InChI is InChI=1S/C10H14IN/c1-2-8-3-4-10(12)7-9(8)5-6-11/h3-4,7H,2,5-6,12H2,1H3. The lowest BCUT2D eigenvalue weighted by Crippen LogP contribution is -1.96. The summed E-state index contributed by atoms with van der Waals surface area (Å²) in [7, 11) is 0. The van der Waals surface area contributed by atoms with Crippen LogP contribution in [0.15, 0.2) is 18.2 Å². The van der Waals surface area contributed by atoms with Crippen LogP contribution in [-0.4, -0.2) is 4.43 Å². The molecule has 0 saturated heterocycles. The summed E-state index contributed by atoms with van der Waals surface area (Å²) in [6.45, 7) is 2.18. The highest BCUT2D eigenvalue weighted by Gasteiger charge is 1.99. The van der Waals surface area contributed by atoms with Gasteiger partial charge in [-0.3, -0.25) is 0 Å². The number of nitrogens with two attached hydrogens (primary N) is 1. The predicted octanol–water partition coefficient (Wildman–Crippen LogP) is 2.81. The average Bonchev–Trinajstić information content (AvgIpc) is 2.05. The molecule has 0 fully saturated rings. The van der Waals surface area contributed by atoms with Gasteiger partial charge in [0.05, 0.1) is 0 Å². The molecule has 0 radical (unpaired) electrons. The molecule has 0 bridgehead atoms. The first-order valence-electron chi connectivity index (χ1n) is 4.21. The maximum Gasteiger partial charge on any atom is 0.0316 e. The number of aryl methyl sites for hydroxylation is 2. The molecule has 0 aromatic heterocycles. The SMILES string of the molecule is CCc1ccc(N)cc1CCI. The molecule has 12 heavy (non-hydrogen) atoms. The van der Waals surface area contributed by atoms with Crippen molar-refractivity contribution in [2.24, 2.45) is 0 Å². The van der Waals surface area contributed by atoms with Crippen LogP contribution in [0.5, 0.6) is 0 Å². The maximum atomic E-state index is 5.71. The van der Waals surface area contributed by atoms with Gasteiger partial charge < -0.3 is 5.73 Å². The molecule has 1 aromatic rings. The van der Waals surface area contributed by atoms with Crippen molar-refractivity contribution in [3.8, 4) is 0 Å². The number of halogens is 1. The third-order valence-corrected chi connectivity index (χ3v) is 2.51. The Morgan fingerprint density at radius 1 is 1.33 bits per heavy atom. The molecule has 0 spiro atoms. The summed E-state index contributed by atoms with van der Waals surface area (Å²) in [4.78, 5) is 0. The van der Waals surface area contributed by atoms with E-state index in [0.29, 0.717) is 0 Å². The Balaban J connectivity index is 2.95. The summed E-state index contributed by atoms with van der Waals surface area (Å²) < 4.78 is 1.16. The number of benzene rings is 1. The van der Waals surface area contributed by atoms with Crippen molar-refractivity contribution in [1.82, 2.24) is 0 Å². The van der Waals surface area contributed by atoms with E-state index in [1.807, 2.05) is 6.07 Å². The third kappa shape index (κ3) is 2.37. The lowest BCUT2D eigenvalue weighted by atomic mass is 10.0. The second-order valence-corrected chi connectivity index (χ2v) is 3.90. The van der Waals surface area contributed by atoms with Crippen molar-refractivity contribution in [3.05, 3.63) is 29.3 Å². The largest absolute Gasteiger partial charge is 0.399 e. The zero-order valence-corrected chi connectivity index (χ0v) is 9.47. The highest BCUT2D eigenvalue weighted by Crippen LogP contribution is 2.15. The average molecular weight is 275 g/mol. The monoisotopic (exact) mass is 275 g/mol. The molecular weight excluding hydrogens is 261 g/mol. The third-order valence-electron chi connectivity index (χ3n) is 1.98. The molecule has 0 unspecified atom stereocenters. The molecule has 1 aromatic carbocycles. The molecular formula is C10H14IN. The van der Waals surface area contributed by atoms with Gasteiger partial charge in [0.2, 0.25) is 0 Å². The summed E-state index contributed by atoms with van der Waals surface area (Å²) in [5, 5.41) is 0. The fourth-order valence-corrected chi connectivity index (χ4v) is 1.91. The number of hydrogen-bond donors (Lipinski definition) is 1. The highest BCUT2D eigenvalue weighted by molar-refractivity contribution is 14.1. The molecule has 2 N–H and O–H groups in total. The van der Waals surface area contributed by atoms with E-state index in [-0.39, 0.29) is 0 Å². The van der Waals surface area contributed by atoms with Crippen LogP contribution >= 0.6 is 22.6 Å². The Kier molecular flexibility index (Phi) is 3.85. The number of alkyl halides is 1. The first-order valence-corrected chi connectivity index (χ1v) is 5.73. The summed E-state index contributed by atoms with van der Waals surface area (Å²) in [5.74, 6) is 0. The molecule has 0 aliphatic heterocycles. The first kappa shape index (κ1) is 9.84. The minimum Gasteiger partial charge on any atom is -0.399 e. The lowest BCUT2D eigenvalue weighted by molar-refractivity contribution is 1.05. The topological polar surface area (TPSA) is 26.0 Å². The van der Waals surface area contributed by atoms with Gasteiger partial charge >= 0.3 is 0 Å².